The van der Waals surface area contributed by atoms with Crippen molar-refractivity contribution in [2.45, 2.75) is 6.54 Å². The van der Waals surface area contributed by atoms with E-state index in [1.165, 1.54) is 16.8 Å². The van der Waals surface area contributed by atoms with Gasteiger partial charge in [0.05, 0.1) is 5.69 Å². The third-order valence-electron chi connectivity index (χ3n) is 3.83. The normalized spacial score (nSPS) is 11.2. The Bertz CT molecular complexity index is 970. The molecule has 0 saturated carbocycles. The Labute approximate surface area is 141 Å². The lowest BCUT2D eigenvalue weighted by Crippen LogP contribution is -1.96. The van der Waals surface area contributed by atoms with Crippen molar-refractivity contribution >= 4 is 32.8 Å². The van der Waals surface area contributed by atoms with E-state index in [1.54, 1.807) is 22.7 Å². The number of rotatable bonds is 3. The van der Waals surface area contributed by atoms with Gasteiger partial charge in [-0.05, 0) is 40.6 Å². The van der Waals surface area contributed by atoms with Crippen LogP contribution in [0.1, 0.15) is 4.88 Å². The van der Waals surface area contributed by atoms with Crippen molar-refractivity contribution in [2.75, 3.05) is 0 Å². The zero-order chi connectivity index (χ0) is 15.8. The van der Waals surface area contributed by atoms with E-state index in [0.29, 0.717) is 6.54 Å². The van der Waals surface area contributed by atoms with Crippen molar-refractivity contribution < 1.29 is 4.39 Å². The van der Waals surface area contributed by atoms with E-state index >= 15 is 0 Å². The van der Waals surface area contributed by atoms with Gasteiger partial charge in [-0.25, -0.2) is 4.39 Å². The molecule has 114 valence electrons. The summed E-state index contributed by atoms with van der Waals surface area (Å²) in [5.74, 6) is -0.227. The van der Waals surface area contributed by atoms with Crippen molar-refractivity contribution in [1.82, 2.24) is 4.98 Å². The molecular weight excluding hydrogens is 327 g/mol. The molecule has 2 N–H and O–H groups in total. The summed E-state index contributed by atoms with van der Waals surface area (Å²) in [5, 5.41) is 5.26. The number of hydrogen-bond acceptors (Lipinski definition) is 4. The van der Waals surface area contributed by atoms with Crippen molar-refractivity contribution in [3.63, 3.8) is 0 Å². The lowest BCUT2D eigenvalue weighted by molar-refractivity contribution is 0.628. The quantitative estimate of drug-likeness (QED) is 0.550. The Morgan fingerprint density at radius 2 is 1.83 bits per heavy atom. The van der Waals surface area contributed by atoms with Gasteiger partial charge in [0, 0.05) is 38.8 Å². The van der Waals surface area contributed by atoms with Crippen LogP contribution in [0.2, 0.25) is 0 Å². The number of nitrogens with two attached hydrogens (primary N) is 1. The molecule has 2 nitrogen and oxygen atoms in total. The molecule has 4 aromatic rings. The van der Waals surface area contributed by atoms with Gasteiger partial charge in [0.2, 0.25) is 0 Å². The molecule has 0 amide bonds. The molecule has 23 heavy (non-hydrogen) atoms. The van der Waals surface area contributed by atoms with E-state index < -0.39 is 0 Å². The molecule has 0 unspecified atom stereocenters. The Balaban J connectivity index is 1.99. The van der Waals surface area contributed by atoms with Gasteiger partial charge in [-0.1, -0.05) is 12.1 Å². The molecule has 0 aliphatic carbocycles. The first-order valence-electron chi connectivity index (χ1n) is 7.17. The fraction of sp³-hybridized carbons (Fsp3) is 0.0556. The maximum Gasteiger partial charge on any atom is 0.123 e. The minimum Gasteiger partial charge on any atom is -0.326 e. The maximum absolute atomic E-state index is 13.2. The fourth-order valence-electron chi connectivity index (χ4n) is 2.74. The third-order valence-corrected chi connectivity index (χ3v) is 5.72. The Morgan fingerprint density at radius 1 is 1.00 bits per heavy atom. The van der Waals surface area contributed by atoms with E-state index in [1.807, 2.05) is 29.8 Å². The molecule has 5 heteroatoms. The average Bonchev–Trinajstić information content (AvgIpc) is 3.22. The fourth-order valence-corrected chi connectivity index (χ4v) is 4.46. The topological polar surface area (TPSA) is 38.9 Å². The summed E-state index contributed by atoms with van der Waals surface area (Å²) in [6.45, 7) is 0.501. The molecule has 0 aliphatic heterocycles. The number of pyridine rings is 1. The summed E-state index contributed by atoms with van der Waals surface area (Å²) in [7, 11) is 0. The second-order valence-electron chi connectivity index (χ2n) is 5.15. The predicted molar refractivity (Wildman–Crippen MR) is 96.2 cm³/mol. The van der Waals surface area contributed by atoms with Gasteiger partial charge in [0.1, 0.15) is 5.82 Å². The zero-order valence-corrected chi connectivity index (χ0v) is 13.8. The molecule has 0 aliphatic rings. The molecular formula is C18H13FN2S2. The number of halogens is 1. The van der Waals surface area contributed by atoms with E-state index in [0.717, 1.165) is 32.6 Å². The number of thiophene rings is 2. The van der Waals surface area contributed by atoms with Crippen LogP contribution in [-0.2, 0) is 6.54 Å². The minimum absolute atomic E-state index is 0.227. The first kappa shape index (κ1) is 14.5. The van der Waals surface area contributed by atoms with Gasteiger partial charge in [-0.2, -0.15) is 0 Å². The smallest absolute Gasteiger partial charge is 0.123 e. The summed E-state index contributed by atoms with van der Waals surface area (Å²) in [6, 6.07) is 10.7. The van der Waals surface area contributed by atoms with Gasteiger partial charge in [0.25, 0.3) is 0 Å². The molecule has 0 atom stereocenters. The van der Waals surface area contributed by atoms with Gasteiger partial charge in [-0.15, -0.1) is 22.7 Å². The van der Waals surface area contributed by atoms with Crippen LogP contribution in [-0.4, -0.2) is 4.98 Å². The monoisotopic (exact) mass is 340 g/mol. The van der Waals surface area contributed by atoms with Crippen molar-refractivity contribution in [1.29, 1.82) is 0 Å². The SMILES string of the molecule is NCc1sccc1-c1nccc2scc(-c3ccc(F)cc3)c12. The summed E-state index contributed by atoms with van der Waals surface area (Å²) in [6.07, 6.45) is 1.83. The number of aromatic nitrogens is 1. The van der Waals surface area contributed by atoms with Crippen LogP contribution < -0.4 is 5.73 Å². The summed E-state index contributed by atoms with van der Waals surface area (Å²) in [4.78, 5) is 5.74. The van der Waals surface area contributed by atoms with Gasteiger partial charge in [-0.3, -0.25) is 4.98 Å². The number of benzene rings is 1. The maximum atomic E-state index is 13.2. The van der Waals surface area contributed by atoms with Crippen molar-refractivity contribution in [2.24, 2.45) is 5.73 Å². The third kappa shape index (κ3) is 2.47. The van der Waals surface area contributed by atoms with E-state index in [-0.39, 0.29) is 5.82 Å². The van der Waals surface area contributed by atoms with Gasteiger partial charge >= 0.3 is 0 Å². The van der Waals surface area contributed by atoms with E-state index in [4.69, 9.17) is 5.73 Å². The molecule has 4 rings (SSSR count). The zero-order valence-electron chi connectivity index (χ0n) is 12.1. The second kappa shape index (κ2) is 5.85. The molecule has 0 bridgehead atoms. The minimum atomic E-state index is -0.227. The molecule has 0 spiro atoms. The van der Waals surface area contributed by atoms with Crippen LogP contribution in [0.4, 0.5) is 4.39 Å². The standard InChI is InChI=1S/C18H13FN2S2/c19-12-3-1-11(2-4-12)14-10-23-15-5-7-21-18(17(14)15)13-6-8-22-16(13)9-20/h1-8,10H,9,20H2. The number of nitrogens with zero attached hydrogens (tertiary/aromatic N) is 1. The largest absolute Gasteiger partial charge is 0.326 e. The van der Waals surface area contributed by atoms with E-state index in [2.05, 4.69) is 16.4 Å². The number of hydrogen-bond donors (Lipinski definition) is 1. The lowest BCUT2D eigenvalue weighted by atomic mass is 10.0. The first-order valence-corrected chi connectivity index (χ1v) is 8.93. The Hall–Kier alpha value is -2.08. The van der Waals surface area contributed by atoms with Crippen LogP contribution in [0, 0.1) is 5.82 Å². The highest BCUT2D eigenvalue weighted by atomic mass is 32.1. The van der Waals surface area contributed by atoms with Crippen LogP contribution in [0.5, 0.6) is 0 Å². The van der Waals surface area contributed by atoms with Gasteiger partial charge < -0.3 is 5.73 Å². The summed E-state index contributed by atoms with van der Waals surface area (Å²) < 4.78 is 14.4. The molecule has 0 fully saturated rings. The van der Waals surface area contributed by atoms with Crippen LogP contribution in [0.3, 0.4) is 0 Å². The first-order chi connectivity index (χ1) is 11.3. The van der Waals surface area contributed by atoms with Crippen LogP contribution in [0.15, 0.2) is 53.4 Å². The average molecular weight is 340 g/mol. The Kier molecular flexibility index (Phi) is 3.69. The second-order valence-corrected chi connectivity index (χ2v) is 7.06. The summed E-state index contributed by atoms with van der Waals surface area (Å²) >= 11 is 3.32. The molecule has 3 heterocycles. The lowest BCUT2D eigenvalue weighted by Gasteiger charge is -2.07. The van der Waals surface area contributed by atoms with Crippen LogP contribution >= 0.6 is 22.7 Å². The molecule has 0 radical (unpaired) electrons. The number of fused-ring (bicyclic) bond motifs is 1. The molecule has 3 aromatic heterocycles. The van der Waals surface area contributed by atoms with E-state index in [9.17, 15) is 4.39 Å². The highest BCUT2D eigenvalue weighted by Gasteiger charge is 2.16. The van der Waals surface area contributed by atoms with Crippen molar-refractivity contribution in [3.8, 4) is 22.4 Å². The Morgan fingerprint density at radius 3 is 2.61 bits per heavy atom. The highest BCUT2D eigenvalue weighted by molar-refractivity contribution is 7.17. The highest BCUT2D eigenvalue weighted by Crippen LogP contribution is 2.40. The van der Waals surface area contributed by atoms with Gasteiger partial charge in [0.15, 0.2) is 0 Å². The van der Waals surface area contributed by atoms with Crippen molar-refractivity contribution in [3.05, 3.63) is 64.0 Å². The molecule has 0 saturated heterocycles. The molecule has 1 aromatic carbocycles. The summed E-state index contributed by atoms with van der Waals surface area (Å²) in [5.41, 5.74) is 9.98. The van der Waals surface area contributed by atoms with Crippen LogP contribution in [0.25, 0.3) is 32.5 Å². The predicted octanol–water partition coefficient (Wildman–Crippen LogP) is 5.29.